The molecule has 0 radical (unpaired) electrons. The highest BCUT2D eigenvalue weighted by atomic mass is 16.5. The predicted octanol–water partition coefficient (Wildman–Crippen LogP) is 6.91. The van der Waals surface area contributed by atoms with Crippen LogP contribution in [0.1, 0.15) is 5.69 Å². The van der Waals surface area contributed by atoms with Crippen LogP contribution in [0, 0.1) is 6.92 Å². The van der Waals surface area contributed by atoms with Crippen LogP contribution in [0.2, 0.25) is 0 Å². The van der Waals surface area contributed by atoms with E-state index in [0.29, 0.717) is 0 Å². The first-order valence-corrected chi connectivity index (χ1v) is 11.8. The Balaban J connectivity index is 1.46. The summed E-state index contributed by atoms with van der Waals surface area (Å²) in [6.07, 6.45) is 5.83. The van der Waals surface area contributed by atoms with Crippen molar-refractivity contribution < 1.29 is 4.74 Å². The maximum atomic E-state index is 5.70. The Bertz CT molecular complexity index is 1650. The number of methoxy groups -OCH3 is 1. The molecule has 176 valence electrons. The lowest BCUT2D eigenvalue weighted by Gasteiger charge is -2.13. The summed E-state index contributed by atoms with van der Waals surface area (Å²) in [5.41, 5.74) is 8.74. The van der Waals surface area contributed by atoms with E-state index in [-0.39, 0.29) is 0 Å². The molecule has 0 saturated carbocycles. The summed E-state index contributed by atoms with van der Waals surface area (Å²) in [4.78, 5) is 9.46. The van der Waals surface area contributed by atoms with Gasteiger partial charge in [0, 0.05) is 35.3 Å². The minimum atomic E-state index is 0.752. The third-order valence-electron chi connectivity index (χ3n) is 6.19. The molecule has 0 spiro atoms. The monoisotopic (exact) mass is 471 g/mol. The Morgan fingerprint density at radius 2 is 1.58 bits per heavy atom. The van der Waals surface area contributed by atoms with Crippen molar-refractivity contribution in [2.45, 2.75) is 6.92 Å². The molecule has 0 aliphatic carbocycles. The van der Waals surface area contributed by atoms with Gasteiger partial charge in [-0.3, -0.25) is 4.40 Å². The van der Waals surface area contributed by atoms with E-state index in [4.69, 9.17) is 9.72 Å². The normalized spacial score (nSPS) is 11.1. The second-order valence-electron chi connectivity index (χ2n) is 8.59. The molecule has 1 N–H and O–H groups in total. The number of hydrogen-bond donors (Lipinski definition) is 1. The average Bonchev–Trinajstić information content (AvgIpc) is 3.54. The van der Waals surface area contributed by atoms with Crippen LogP contribution < -0.4 is 10.1 Å². The van der Waals surface area contributed by atoms with E-state index >= 15 is 0 Å². The highest BCUT2D eigenvalue weighted by Gasteiger charge is 2.18. The molecule has 3 aromatic carbocycles. The lowest BCUT2D eigenvalue weighted by molar-refractivity contribution is 0.413. The largest absolute Gasteiger partial charge is 0.494 e. The fourth-order valence-electron chi connectivity index (χ4n) is 4.51. The van der Waals surface area contributed by atoms with Crippen LogP contribution in [-0.4, -0.2) is 26.0 Å². The summed E-state index contributed by atoms with van der Waals surface area (Å²) in [6.45, 7) is 1.97. The minimum Gasteiger partial charge on any atom is -0.494 e. The molecule has 0 bridgehead atoms. The molecule has 6 nitrogen and oxygen atoms in total. The van der Waals surface area contributed by atoms with Crippen LogP contribution in [0.15, 0.2) is 110 Å². The van der Waals surface area contributed by atoms with Crippen molar-refractivity contribution in [3.8, 4) is 34.0 Å². The van der Waals surface area contributed by atoms with Crippen molar-refractivity contribution in [1.29, 1.82) is 0 Å². The van der Waals surface area contributed by atoms with Crippen LogP contribution in [0.5, 0.6) is 5.75 Å². The van der Waals surface area contributed by atoms with E-state index in [2.05, 4.69) is 57.3 Å². The van der Waals surface area contributed by atoms with Crippen molar-refractivity contribution in [2.24, 2.45) is 0 Å². The highest BCUT2D eigenvalue weighted by molar-refractivity contribution is 5.86. The lowest BCUT2D eigenvalue weighted by atomic mass is 10.1. The molecule has 3 aromatic heterocycles. The first-order valence-electron chi connectivity index (χ1n) is 11.8. The quantitative estimate of drug-likeness (QED) is 0.287. The topological polar surface area (TPSA) is 56.4 Å². The number of benzene rings is 3. The number of hydrogen-bond acceptors (Lipinski definition) is 4. The fourth-order valence-corrected chi connectivity index (χ4v) is 4.51. The van der Waals surface area contributed by atoms with E-state index in [9.17, 15) is 0 Å². The molecule has 36 heavy (non-hydrogen) atoms. The summed E-state index contributed by atoms with van der Waals surface area (Å²) in [7, 11) is 1.68. The Labute approximate surface area is 209 Å². The molecule has 6 aromatic rings. The molecule has 0 fully saturated rings. The number of fused-ring (bicyclic) bond motifs is 1. The van der Waals surface area contributed by atoms with E-state index in [1.807, 2.05) is 72.3 Å². The second-order valence-corrected chi connectivity index (χ2v) is 8.59. The Morgan fingerprint density at radius 3 is 2.28 bits per heavy atom. The van der Waals surface area contributed by atoms with Crippen LogP contribution in [0.3, 0.4) is 0 Å². The van der Waals surface area contributed by atoms with Gasteiger partial charge in [-0.15, -0.1) is 0 Å². The summed E-state index contributed by atoms with van der Waals surface area (Å²) < 4.78 is 9.82. The third-order valence-corrected chi connectivity index (χ3v) is 6.19. The van der Waals surface area contributed by atoms with Gasteiger partial charge >= 0.3 is 0 Å². The molecule has 0 aliphatic heterocycles. The molecular weight excluding hydrogens is 446 g/mol. The van der Waals surface area contributed by atoms with Crippen molar-refractivity contribution in [1.82, 2.24) is 18.9 Å². The molecule has 6 heteroatoms. The van der Waals surface area contributed by atoms with Gasteiger partial charge in [0.2, 0.25) is 0 Å². The van der Waals surface area contributed by atoms with Gasteiger partial charge in [0.15, 0.2) is 5.65 Å². The lowest BCUT2D eigenvalue weighted by Crippen LogP contribution is -1.99. The second kappa shape index (κ2) is 9.07. The van der Waals surface area contributed by atoms with Gasteiger partial charge in [0.05, 0.1) is 41.9 Å². The molecule has 0 unspecified atom stereocenters. The van der Waals surface area contributed by atoms with Crippen LogP contribution in [0.4, 0.5) is 11.4 Å². The summed E-state index contributed by atoms with van der Waals surface area (Å²) in [6, 6.07) is 30.8. The van der Waals surface area contributed by atoms with E-state index in [1.54, 1.807) is 13.4 Å². The number of rotatable bonds is 6. The minimum absolute atomic E-state index is 0.752. The van der Waals surface area contributed by atoms with E-state index in [0.717, 1.165) is 56.7 Å². The van der Waals surface area contributed by atoms with Gasteiger partial charge < -0.3 is 14.6 Å². The zero-order chi connectivity index (χ0) is 24.5. The summed E-state index contributed by atoms with van der Waals surface area (Å²) >= 11 is 0. The smallest absolute Gasteiger partial charge is 0.161 e. The molecule has 0 aliphatic rings. The van der Waals surface area contributed by atoms with Crippen molar-refractivity contribution in [2.75, 3.05) is 12.4 Å². The molecule has 0 amide bonds. The number of nitrogens with one attached hydrogen (secondary N) is 1. The molecule has 0 saturated heterocycles. The van der Waals surface area contributed by atoms with Gasteiger partial charge in [-0.1, -0.05) is 60.7 Å². The number of aryl methyl sites for hydroxylation is 1. The van der Waals surface area contributed by atoms with Gasteiger partial charge in [0.1, 0.15) is 5.75 Å². The fraction of sp³-hybridized carbons (Fsp3) is 0.0667. The molecular formula is C30H25N5O. The number of ether oxygens (including phenoxy) is 1. The van der Waals surface area contributed by atoms with Crippen molar-refractivity contribution in [3.63, 3.8) is 0 Å². The SMILES string of the molecule is COc1cc(Nc2cccn3c(-c4ccccc4)c(-c4ccccc4)nc23)ccc1-n1cnc(C)c1. The maximum Gasteiger partial charge on any atom is 0.161 e. The van der Waals surface area contributed by atoms with E-state index in [1.165, 1.54) is 0 Å². The Hall–Kier alpha value is -4.84. The standard InChI is InChI=1S/C30H25N5O/c1-21-19-34(20-31-21)26-16-15-24(18-27(26)36-2)32-25-14-9-17-35-29(23-12-7-4-8-13-23)28(33-30(25)35)22-10-5-3-6-11-22/h3-20,32H,1-2H3. The summed E-state index contributed by atoms with van der Waals surface area (Å²) in [5.74, 6) is 0.752. The third kappa shape index (κ3) is 3.88. The number of pyridine rings is 1. The van der Waals surface area contributed by atoms with Gasteiger partial charge in [-0.05, 0) is 31.2 Å². The van der Waals surface area contributed by atoms with Crippen LogP contribution >= 0.6 is 0 Å². The molecule has 3 heterocycles. The number of aromatic nitrogens is 4. The zero-order valence-electron chi connectivity index (χ0n) is 20.1. The Morgan fingerprint density at radius 1 is 0.833 bits per heavy atom. The zero-order valence-corrected chi connectivity index (χ0v) is 20.1. The van der Waals surface area contributed by atoms with Crippen molar-refractivity contribution >= 4 is 17.0 Å². The number of anilines is 2. The first-order chi connectivity index (χ1) is 17.7. The van der Waals surface area contributed by atoms with Crippen molar-refractivity contribution in [3.05, 3.63) is 115 Å². The van der Waals surface area contributed by atoms with Crippen LogP contribution in [0.25, 0.3) is 33.8 Å². The average molecular weight is 472 g/mol. The molecule has 6 rings (SSSR count). The highest BCUT2D eigenvalue weighted by Crippen LogP contribution is 2.36. The molecule has 0 atom stereocenters. The van der Waals surface area contributed by atoms with Gasteiger partial charge in [0.25, 0.3) is 0 Å². The van der Waals surface area contributed by atoms with E-state index < -0.39 is 0 Å². The number of imidazole rings is 2. The van der Waals surface area contributed by atoms with Crippen LogP contribution in [-0.2, 0) is 0 Å². The van der Waals surface area contributed by atoms with Gasteiger partial charge in [-0.25, -0.2) is 9.97 Å². The first kappa shape index (κ1) is 21.7. The Kier molecular flexibility index (Phi) is 5.46. The maximum absolute atomic E-state index is 5.70. The van der Waals surface area contributed by atoms with Gasteiger partial charge in [-0.2, -0.15) is 0 Å². The predicted molar refractivity (Wildman–Crippen MR) is 144 cm³/mol. The number of nitrogens with zero attached hydrogens (tertiary/aromatic N) is 4. The summed E-state index contributed by atoms with van der Waals surface area (Å²) in [5, 5.41) is 3.56.